The molecule has 0 unspecified atom stereocenters. The summed E-state index contributed by atoms with van der Waals surface area (Å²) in [4.78, 5) is 15.4. The van der Waals surface area contributed by atoms with Gasteiger partial charge < -0.3 is 4.84 Å². The second-order valence-electron chi connectivity index (χ2n) is 1.73. The van der Waals surface area contributed by atoms with Crippen molar-refractivity contribution in [1.82, 2.24) is 4.89 Å². The second-order valence-corrected chi connectivity index (χ2v) is 2.85. The van der Waals surface area contributed by atoms with E-state index in [0.29, 0.717) is 0 Å². The van der Waals surface area contributed by atoms with E-state index in [1.54, 1.807) is 0 Å². The Kier molecular flexibility index (Phi) is 3.18. The molecule has 0 heterocycles. The number of nitrogens with one attached hydrogen (secondary N) is 1. The quantitative estimate of drug-likeness (QED) is 0.345. The van der Waals surface area contributed by atoms with Gasteiger partial charge in [-0.25, -0.2) is 4.79 Å². The van der Waals surface area contributed by atoms with Crippen LogP contribution in [0.25, 0.3) is 0 Å². The van der Waals surface area contributed by atoms with Crippen LogP contribution in [0.4, 0.5) is 0 Å². The maximum atomic E-state index is 10.4. The van der Waals surface area contributed by atoms with Crippen molar-refractivity contribution in [2.45, 2.75) is 6.92 Å². The highest BCUT2D eigenvalue weighted by atomic mass is 32.2. The third-order valence-corrected chi connectivity index (χ3v) is 0.882. The van der Waals surface area contributed by atoms with Gasteiger partial charge in [-0.15, -0.1) is 0 Å². The Morgan fingerprint density at radius 3 is 2.36 bits per heavy atom. The summed E-state index contributed by atoms with van der Waals surface area (Å²) >= 11 is 0. The Hall–Kier alpha value is -0.920. The lowest BCUT2D eigenvalue weighted by Crippen LogP contribution is -2.26. The van der Waals surface area contributed by atoms with Crippen molar-refractivity contribution in [1.29, 1.82) is 0 Å². The summed E-state index contributed by atoms with van der Waals surface area (Å²) in [5.74, 6) is -0.956. The lowest BCUT2D eigenvalue weighted by atomic mass is 10.4. The molecule has 6 nitrogen and oxygen atoms in total. The van der Waals surface area contributed by atoms with Gasteiger partial charge in [0.2, 0.25) is 0 Å². The number of rotatable bonds is 3. The number of carbonyl (C=O) groups is 1. The molecule has 0 saturated carbocycles. The van der Waals surface area contributed by atoms with Crippen LogP contribution in [0.2, 0.25) is 0 Å². The minimum atomic E-state index is -4.49. The summed E-state index contributed by atoms with van der Waals surface area (Å²) in [5.41, 5.74) is 0.0150. The van der Waals surface area contributed by atoms with E-state index >= 15 is 0 Å². The zero-order chi connectivity index (χ0) is 9.07. The summed E-state index contributed by atoms with van der Waals surface area (Å²) in [5, 5.41) is 0. The SMILES string of the molecule is C=C(C)C(=O)ONS(=O)(=O)O. The van der Waals surface area contributed by atoms with E-state index in [0.717, 1.165) is 4.89 Å². The Balaban J connectivity index is 3.92. The molecule has 0 bridgehead atoms. The molecule has 0 atom stereocenters. The number of carbonyl (C=O) groups excluding carboxylic acids is 1. The summed E-state index contributed by atoms with van der Waals surface area (Å²) in [6.07, 6.45) is 0. The average Bonchev–Trinajstić information content (AvgIpc) is 1.80. The van der Waals surface area contributed by atoms with Gasteiger partial charge in [-0.1, -0.05) is 6.58 Å². The van der Waals surface area contributed by atoms with Crippen LogP contribution in [0.5, 0.6) is 0 Å². The molecule has 64 valence electrons. The molecule has 0 aromatic heterocycles. The average molecular weight is 181 g/mol. The van der Waals surface area contributed by atoms with Gasteiger partial charge in [-0.3, -0.25) is 4.55 Å². The molecule has 0 amide bonds. The molecule has 0 aliphatic rings. The number of hydrogen-bond donors (Lipinski definition) is 2. The van der Waals surface area contributed by atoms with E-state index < -0.39 is 16.3 Å². The van der Waals surface area contributed by atoms with Gasteiger partial charge in [0, 0.05) is 5.57 Å². The van der Waals surface area contributed by atoms with Crippen molar-refractivity contribution in [3.63, 3.8) is 0 Å². The first-order valence-electron chi connectivity index (χ1n) is 2.44. The smallest absolute Gasteiger partial charge is 0.350 e. The maximum Gasteiger partial charge on any atom is 0.365 e. The first kappa shape index (κ1) is 10.1. The summed E-state index contributed by atoms with van der Waals surface area (Å²) < 4.78 is 27.8. The maximum absolute atomic E-state index is 10.4. The van der Waals surface area contributed by atoms with Crippen molar-refractivity contribution in [2.75, 3.05) is 0 Å². The summed E-state index contributed by atoms with van der Waals surface area (Å²) in [6, 6.07) is 0. The molecule has 0 spiro atoms. The second kappa shape index (κ2) is 3.46. The topological polar surface area (TPSA) is 92.7 Å². The van der Waals surface area contributed by atoms with Crippen LogP contribution in [0.15, 0.2) is 12.2 Å². The van der Waals surface area contributed by atoms with E-state index in [-0.39, 0.29) is 5.57 Å². The van der Waals surface area contributed by atoms with Crippen LogP contribution in [0, 0.1) is 0 Å². The number of hydrogen-bond acceptors (Lipinski definition) is 4. The predicted octanol–water partition coefficient (Wildman–Crippen LogP) is -0.587. The van der Waals surface area contributed by atoms with Crippen molar-refractivity contribution in [3.05, 3.63) is 12.2 Å². The molecule has 7 heteroatoms. The molecule has 0 aliphatic carbocycles. The largest absolute Gasteiger partial charge is 0.365 e. The highest BCUT2D eigenvalue weighted by molar-refractivity contribution is 7.83. The monoisotopic (exact) mass is 181 g/mol. The minimum Gasteiger partial charge on any atom is -0.350 e. The van der Waals surface area contributed by atoms with Gasteiger partial charge in [0.05, 0.1) is 0 Å². The lowest BCUT2D eigenvalue weighted by Gasteiger charge is -2.00. The van der Waals surface area contributed by atoms with Gasteiger partial charge in [-0.2, -0.15) is 8.42 Å². The van der Waals surface area contributed by atoms with Crippen molar-refractivity contribution in [3.8, 4) is 0 Å². The molecule has 11 heavy (non-hydrogen) atoms. The molecule has 0 aromatic rings. The van der Waals surface area contributed by atoms with Crippen LogP contribution < -0.4 is 4.89 Å². The van der Waals surface area contributed by atoms with Crippen LogP contribution in [0.1, 0.15) is 6.92 Å². The van der Waals surface area contributed by atoms with E-state index in [1.165, 1.54) is 6.92 Å². The zero-order valence-corrected chi connectivity index (χ0v) is 6.51. The fourth-order valence-corrected chi connectivity index (χ4v) is 0.359. The van der Waals surface area contributed by atoms with Crippen molar-refractivity contribution >= 4 is 16.3 Å². The third kappa shape index (κ3) is 5.52. The van der Waals surface area contributed by atoms with Gasteiger partial charge in [0.15, 0.2) is 0 Å². The molecule has 0 fully saturated rings. The van der Waals surface area contributed by atoms with Gasteiger partial charge in [0.25, 0.3) is 0 Å². The molecular weight excluding hydrogens is 174 g/mol. The lowest BCUT2D eigenvalue weighted by molar-refractivity contribution is -0.142. The van der Waals surface area contributed by atoms with Gasteiger partial charge in [0.1, 0.15) is 0 Å². The summed E-state index contributed by atoms with van der Waals surface area (Å²) in [6.45, 7) is 4.49. The third-order valence-electron chi connectivity index (χ3n) is 0.588. The standard InChI is InChI=1S/C4H7NO5S/c1-3(2)4(6)10-5-11(7,8)9/h5H,1H2,2H3,(H,7,8,9). The Morgan fingerprint density at radius 2 is 2.09 bits per heavy atom. The van der Waals surface area contributed by atoms with Crippen molar-refractivity contribution in [2.24, 2.45) is 0 Å². The molecule has 0 saturated heterocycles. The summed E-state index contributed by atoms with van der Waals surface area (Å²) in [7, 11) is -4.49. The highest BCUT2D eigenvalue weighted by Gasteiger charge is 2.08. The normalized spacial score (nSPS) is 10.7. The fraction of sp³-hybridized carbons (Fsp3) is 0.250. The van der Waals surface area contributed by atoms with Crippen LogP contribution >= 0.6 is 0 Å². The Labute approximate surface area is 63.7 Å². The van der Waals surface area contributed by atoms with E-state index in [4.69, 9.17) is 4.55 Å². The van der Waals surface area contributed by atoms with Crippen LogP contribution in [-0.2, 0) is 19.9 Å². The predicted molar refractivity (Wildman–Crippen MR) is 35.6 cm³/mol. The zero-order valence-electron chi connectivity index (χ0n) is 5.70. The molecule has 0 radical (unpaired) electrons. The highest BCUT2D eigenvalue weighted by Crippen LogP contribution is 1.89. The fourth-order valence-electron chi connectivity index (χ4n) is 0.178. The van der Waals surface area contributed by atoms with Gasteiger partial charge >= 0.3 is 16.3 Å². The Morgan fingerprint density at radius 1 is 1.64 bits per heavy atom. The van der Waals surface area contributed by atoms with E-state index in [9.17, 15) is 13.2 Å². The van der Waals surface area contributed by atoms with Crippen LogP contribution in [0.3, 0.4) is 0 Å². The molecule has 0 rings (SSSR count). The van der Waals surface area contributed by atoms with E-state index in [1.807, 2.05) is 0 Å². The molecule has 0 aromatic carbocycles. The molecule has 0 aliphatic heterocycles. The van der Waals surface area contributed by atoms with Crippen LogP contribution in [-0.4, -0.2) is 18.9 Å². The molecular formula is C4H7NO5S. The Bertz CT molecular complexity index is 266. The minimum absolute atomic E-state index is 0.0150. The van der Waals surface area contributed by atoms with Gasteiger partial charge in [-0.05, 0) is 11.8 Å². The van der Waals surface area contributed by atoms with Crippen molar-refractivity contribution < 1.29 is 22.6 Å². The van der Waals surface area contributed by atoms with E-state index in [2.05, 4.69) is 11.4 Å². The molecule has 2 N–H and O–H groups in total. The first-order valence-corrected chi connectivity index (χ1v) is 3.88. The first-order chi connectivity index (χ1) is 4.83.